The number of amides is 2. The molecule has 120 valence electrons. The molecule has 1 aliphatic rings. The minimum absolute atomic E-state index is 0.150. The molecule has 23 heavy (non-hydrogen) atoms. The summed E-state index contributed by atoms with van der Waals surface area (Å²) < 4.78 is 0. The van der Waals surface area contributed by atoms with Gasteiger partial charge < -0.3 is 0 Å². The largest absolute Gasteiger partial charge is 0.274 e. The van der Waals surface area contributed by atoms with Crippen molar-refractivity contribution in [1.29, 1.82) is 0 Å². The monoisotopic (exact) mass is 309 g/mol. The maximum atomic E-state index is 12.7. The lowest BCUT2D eigenvalue weighted by molar-refractivity contribution is 0.0607. The Morgan fingerprint density at radius 3 is 2.04 bits per heavy atom. The molecule has 2 amide bonds. The molecule has 0 spiro atoms. The van der Waals surface area contributed by atoms with Crippen LogP contribution >= 0.6 is 0 Å². The van der Waals surface area contributed by atoms with Gasteiger partial charge in [0.2, 0.25) is 0 Å². The molecule has 0 atom stereocenters. The van der Waals surface area contributed by atoms with Crippen molar-refractivity contribution >= 4 is 22.6 Å². The van der Waals surface area contributed by atoms with Crippen LogP contribution in [0.5, 0.6) is 0 Å². The van der Waals surface area contributed by atoms with Gasteiger partial charge in [0.25, 0.3) is 11.8 Å². The molecule has 0 radical (unpaired) electrons. The van der Waals surface area contributed by atoms with Crippen LogP contribution in [-0.4, -0.2) is 23.3 Å². The minimum Gasteiger partial charge on any atom is -0.274 e. The molecule has 0 bridgehead atoms. The second-order valence-corrected chi connectivity index (χ2v) is 6.71. The van der Waals surface area contributed by atoms with Crippen LogP contribution in [0.15, 0.2) is 36.4 Å². The van der Waals surface area contributed by atoms with Crippen LogP contribution in [0.3, 0.4) is 0 Å². The van der Waals surface area contributed by atoms with Crippen molar-refractivity contribution in [3.63, 3.8) is 0 Å². The second kappa shape index (κ2) is 6.53. The Bertz CT molecular complexity index is 698. The topological polar surface area (TPSA) is 37.4 Å². The zero-order chi connectivity index (χ0) is 16.4. The molecule has 0 unspecified atom stereocenters. The number of benzene rings is 2. The van der Waals surface area contributed by atoms with E-state index in [9.17, 15) is 9.59 Å². The molecule has 2 aromatic rings. The maximum absolute atomic E-state index is 12.7. The molecular weight excluding hydrogens is 286 g/mol. The molecule has 0 N–H and O–H groups in total. The van der Waals surface area contributed by atoms with Crippen molar-refractivity contribution < 1.29 is 9.59 Å². The molecule has 1 heterocycles. The van der Waals surface area contributed by atoms with Crippen molar-refractivity contribution in [2.24, 2.45) is 5.92 Å². The molecule has 0 aromatic heterocycles. The van der Waals surface area contributed by atoms with Crippen LogP contribution in [0.2, 0.25) is 0 Å². The number of nitrogens with zero attached hydrogens (tertiary/aromatic N) is 1. The fraction of sp³-hybridized carbons (Fsp3) is 0.400. The lowest BCUT2D eigenvalue weighted by Crippen LogP contribution is -2.40. The highest BCUT2D eigenvalue weighted by Gasteiger charge is 2.31. The van der Waals surface area contributed by atoms with Crippen LogP contribution in [0, 0.1) is 5.92 Å². The Hall–Kier alpha value is -2.16. The van der Waals surface area contributed by atoms with Crippen LogP contribution in [-0.2, 0) is 0 Å². The normalized spacial score (nSPS) is 14.1. The third kappa shape index (κ3) is 3.00. The highest BCUT2D eigenvalue weighted by atomic mass is 16.2. The summed E-state index contributed by atoms with van der Waals surface area (Å²) in [6, 6.07) is 11.3. The van der Waals surface area contributed by atoms with E-state index in [1.807, 2.05) is 36.4 Å². The van der Waals surface area contributed by atoms with Crippen LogP contribution in [0.1, 0.15) is 60.2 Å². The molecule has 3 nitrogen and oxygen atoms in total. The van der Waals surface area contributed by atoms with Crippen LogP contribution in [0.25, 0.3) is 10.8 Å². The summed E-state index contributed by atoms with van der Waals surface area (Å²) in [5.41, 5.74) is 1.31. The van der Waals surface area contributed by atoms with Gasteiger partial charge in [0, 0.05) is 23.1 Å². The van der Waals surface area contributed by atoms with Crippen molar-refractivity contribution in [3.8, 4) is 0 Å². The van der Waals surface area contributed by atoms with Crippen molar-refractivity contribution in [2.45, 2.75) is 39.5 Å². The van der Waals surface area contributed by atoms with Gasteiger partial charge in [0.1, 0.15) is 0 Å². The number of hydrogen-bond acceptors (Lipinski definition) is 2. The molecular formula is C20H23NO2. The van der Waals surface area contributed by atoms with Crippen molar-refractivity contribution in [3.05, 3.63) is 47.5 Å². The Morgan fingerprint density at radius 2 is 1.48 bits per heavy atom. The van der Waals surface area contributed by atoms with E-state index in [-0.39, 0.29) is 11.8 Å². The van der Waals surface area contributed by atoms with Gasteiger partial charge in [0.15, 0.2) is 0 Å². The zero-order valence-corrected chi connectivity index (χ0v) is 13.8. The molecule has 1 aliphatic heterocycles. The Morgan fingerprint density at radius 1 is 0.870 bits per heavy atom. The quantitative estimate of drug-likeness (QED) is 0.575. The minimum atomic E-state index is -0.150. The molecule has 0 saturated heterocycles. The summed E-state index contributed by atoms with van der Waals surface area (Å²) in [4.78, 5) is 26.8. The maximum Gasteiger partial charge on any atom is 0.261 e. The highest BCUT2D eigenvalue weighted by molar-refractivity contribution is 6.25. The van der Waals surface area contributed by atoms with Gasteiger partial charge in [-0.3, -0.25) is 14.5 Å². The van der Waals surface area contributed by atoms with Gasteiger partial charge in [-0.2, -0.15) is 0 Å². The number of unbranched alkanes of at least 4 members (excludes halogenated alkanes) is 2. The first-order valence-corrected chi connectivity index (χ1v) is 8.47. The van der Waals surface area contributed by atoms with E-state index >= 15 is 0 Å². The second-order valence-electron chi connectivity index (χ2n) is 6.71. The summed E-state index contributed by atoms with van der Waals surface area (Å²) in [6.07, 6.45) is 4.29. The Labute approximate surface area is 137 Å². The number of carbonyl (C=O) groups excluding carboxylic acids is 2. The Kier molecular flexibility index (Phi) is 4.46. The number of hydrogen-bond donors (Lipinski definition) is 0. The van der Waals surface area contributed by atoms with Crippen LogP contribution in [0.4, 0.5) is 0 Å². The van der Waals surface area contributed by atoms with Gasteiger partial charge in [-0.05, 0) is 29.9 Å². The van der Waals surface area contributed by atoms with E-state index in [0.717, 1.165) is 30.0 Å². The zero-order valence-electron chi connectivity index (χ0n) is 13.8. The van der Waals surface area contributed by atoms with E-state index in [2.05, 4.69) is 13.8 Å². The van der Waals surface area contributed by atoms with Gasteiger partial charge in [-0.15, -0.1) is 0 Å². The first-order valence-electron chi connectivity index (χ1n) is 8.47. The first kappa shape index (κ1) is 15.7. The summed E-state index contributed by atoms with van der Waals surface area (Å²) >= 11 is 0. The predicted octanol–water partition coefficient (Wildman–Crippen LogP) is 4.65. The molecule has 3 rings (SSSR count). The highest BCUT2D eigenvalue weighted by Crippen LogP contribution is 2.30. The fourth-order valence-corrected chi connectivity index (χ4v) is 3.28. The van der Waals surface area contributed by atoms with Crippen molar-refractivity contribution in [2.75, 3.05) is 6.54 Å². The molecule has 0 saturated carbocycles. The van der Waals surface area contributed by atoms with Gasteiger partial charge >= 0.3 is 0 Å². The SMILES string of the molecule is CC(C)CCCCCN1C(=O)c2cccc3cccc(c23)C1=O. The molecule has 0 aliphatic carbocycles. The van der Waals surface area contributed by atoms with Crippen LogP contribution < -0.4 is 0 Å². The number of rotatable bonds is 6. The fourth-order valence-electron chi connectivity index (χ4n) is 3.28. The summed E-state index contributed by atoms with van der Waals surface area (Å²) in [5.74, 6) is 0.407. The predicted molar refractivity (Wildman–Crippen MR) is 92.6 cm³/mol. The van der Waals surface area contributed by atoms with E-state index in [1.54, 1.807) is 0 Å². The van der Waals surface area contributed by atoms with Gasteiger partial charge in [-0.25, -0.2) is 0 Å². The molecule has 2 aromatic carbocycles. The average molecular weight is 309 g/mol. The summed E-state index contributed by atoms with van der Waals surface area (Å²) in [5, 5.41) is 1.76. The van der Waals surface area contributed by atoms with E-state index in [1.165, 1.54) is 11.3 Å². The van der Waals surface area contributed by atoms with E-state index < -0.39 is 0 Å². The van der Waals surface area contributed by atoms with Gasteiger partial charge in [0.05, 0.1) is 0 Å². The third-order valence-corrected chi connectivity index (χ3v) is 4.52. The van der Waals surface area contributed by atoms with E-state index in [4.69, 9.17) is 0 Å². The molecule has 3 heteroatoms. The lowest BCUT2D eigenvalue weighted by atomic mass is 9.94. The number of imide groups is 1. The Balaban J connectivity index is 1.78. The lowest BCUT2D eigenvalue weighted by Gasteiger charge is -2.27. The first-order chi connectivity index (χ1) is 11.1. The molecule has 0 fully saturated rings. The summed E-state index contributed by atoms with van der Waals surface area (Å²) in [7, 11) is 0. The average Bonchev–Trinajstić information content (AvgIpc) is 2.54. The standard InChI is InChI=1S/C20H23NO2/c1-14(2)8-4-3-5-13-21-19(22)16-11-6-9-15-10-7-12-17(18(15)16)20(21)23/h6-7,9-12,14H,3-5,8,13H2,1-2H3. The van der Waals surface area contributed by atoms with E-state index in [0.29, 0.717) is 23.6 Å². The van der Waals surface area contributed by atoms with Crippen molar-refractivity contribution in [1.82, 2.24) is 4.90 Å². The smallest absolute Gasteiger partial charge is 0.261 e. The number of carbonyl (C=O) groups is 2. The van der Waals surface area contributed by atoms with Gasteiger partial charge in [-0.1, -0.05) is 57.4 Å². The third-order valence-electron chi connectivity index (χ3n) is 4.52. The summed E-state index contributed by atoms with van der Waals surface area (Å²) in [6.45, 7) is 4.95.